The first-order valence-electron chi connectivity index (χ1n) is 4.00. The molecule has 0 bridgehead atoms. The lowest BCUT2D eigenvalue weighted by molar-refractivity contribution is 1.00. The van der Waals surface area contributed by atoms with Crippen molar-refractivity contribution in [3.8, 4) is 0 Å². The summed E-state index contributed by atoms with van der Waals surface area (Å²) in [6, 6.07) is 3.91. The third-order valence-corrected chi connectivity index (χ3v) is 2.12. The normalized spacial score (nSPS) is 16.8. The highest BCUT2D eigenvalue weighted by atomic mass is 14.8. The van der Waals surface area contributed by atoms with Crippen LogP contribution in [0.2, 0.25) is 0 Å². The van der Waals surface area contributed by atoms with E-state index in [-0.39, 0.29) is 0 Å². The molecule has 1 fully saturated rings. The Morgan fingerprint density at radius 1 is 1.45 bits per heavy atom. The highest BCUT2D eigenvalue weighted by molar-refractivity contribution is 5.36. The predicted octanol–water partition coefficient (Wildman–Crippen LogP) is 1.85. The van der Waals surface area contributed by atoms with Gasteiger partial charge in [0.15, 0.2) is 0 Å². The number of nitrogens with two attached hydrogens (primary N) is 1. The van der Waals surface area contributed by atoms with E-state index in [1.807, 2.05) is 6.07 Å². The van der Waals surface area contributed by atoms with Gasteiger partial charge in [-0.2, -0.15) is 0 Å². The molecule has 1 heterocycles. The quantitative estimate of drug-likeness (QED) is 0.660. The Hall–Kier alpha value is -1.05. The summed E-state index contributed by atoms with van der Waals surface area (Å²) in [7, 11) is 0. The van der Waals surface area contributed by atoms with E-state index in [1.54, 1.807) is 0 Å². The topological polar surface area (TPSA) is 38.9 Å². The summed E-state index contributed by atoms with van der Waals surface area (Å²) in [4.78, 5) is 4.31. The summed E-state index contributed by atoms with van der Waals surface area (Å²) in [5, 5.41) is 0. The number of anilines is 1. The van der Waals surface area contributed by atoms with Crippen molar-refractivity contribution in [1.82, 2.24) is 4.98 Å². The fraction of sp³-hybridized carbons (Fsp3) is 0.444. The lowest BCUT2D eigenvalue weighted by Gasteiger charge is -2.02. The Bertz CT molecular complexity index is 277. The van der Waals surface area contributed by atoms with Gasteiger partial charge in [-0.1, -0.05) is 6.07 Å². The minimum atomic E-state index is 0.650. The molecule has 0 spiro atoms. The number of nitrogen functional groups attached to an aromatic ring is 1. The largest absolute Gasteiger partial charge is 0.384 e. The second-order valence-corrected chi connectivity index (χ2v) is 3.21. The van der Waals surface area contributed by atoms with Crippen LogP contribution in [-0.4, -0.2) is 4.98 Å². The lowest BCUT2D eigenvalue weighted by atomic mass is 10.1. The molecule has 1 aliphatic rings. The van der Waals surface area contributed by atoms with Gasteiger partial charge in [0.05, 0.1) is 0 Å². The molecule has 0 saturated heterocycles. The van der Waals surface area contributed by atoms with E-state index >= 15 is 0 Å². The van der Waals surface area contributed by atoms with Gasteiger partial charge in [0, 0.05) is 11.6 Å². The molecule has 0 aromatic carbocycles. The smallest absolute Gasteiger partial charge is 0.123 e. The van der Waals surface area contributed by atoms with Crippen molar-refractivity contribution in [2.24, 2.45) is 0 Å². The first-order valence-corrected chi connectivity index (χ1v) is 4.00. The maximum Gasteiger partial charge on any atom is 0.123 e. The van der Waals surface area contributed by atoms with Crippen LogP contribution < -0.4 is 5.73 Å². The Balaban J connectivity index is 2.42. The number of hydrogen-bond acceptors (Lipinski definition) is 2. The van der Waals surface area contributed by atoms with Gasteiger partial charge in [-0.3, -0.25) is 0 Å². The Labute approximate surface area is 66.4 Å². The predicted molar refractivity (Wildman–Crippen MR) is 45.4 cm³/mol. The highest BCUT2D eigenvalue weighted by Crippen LogP contribution is 2.40. The molecule has 2 heteroatoms. The van der Waals surface area contributed by atoms with Gasteiger partial charge in [-0.25, -0.2) is 4.98 Å². The van der Waals surface area contributed by atoms with Gasteiger partial charge in [0.1, 0.15) is 5.82 Å². The molecule has 58 valence electrons. The van der Waals surface area contributed by atoms with Crippen molar-refractivity contribution in [1.29, 1.82) is 0 Å². The fourth-order valence-corrected chi connectivity index (χ4v) is 1.33. The molecule has 0 unspecified atom stereocenters. The van der Waals surface area contributed by atoms with Crippen molar-refractivity contribution in [2.45, 2.75) is 25.7 Å². The molecule has 2 N–H and O–H groups in total. The third kappa shape index (κ3) is 1.20. The van der Waals surface area contributed by atoms with Crippen LogP contribution in [0, 0.1) is 6.92 Å². The molecule has 2 nitrogen and oxygen atoms in total. The molecule has 1 saturated carbocycles. The Morgan fingerprint density at radius 3 is 2.82 bits per heavy atom. The number of aromatic nitrogens is 1. The van der Waals surface area contributed by atoms with Gasteiger partial charge in [0.2, 0.25) is 0 Å². The van der Waals surface area contributed by atoms with Gasteiger partial charge in [-0.05, 0) is 31.4 Å². The Kier molecular flexibility index (Phi) is 1.34. The third-order valence-electron chi connectivity index (χ3n) is 2.12. The molecular weight excluding hydrogens is 136 g/mol. The number of hydrogen-bond donors (Lipinski definition) is 1. The average Bonchev–Trinajstić information content (AvgIpc) is 2.76. The van der Waals surface area contributed by atoms with Gasteiger partial charge >= 0.3 is 0 Å². The standard InChI is InChI=1S/C9H12N2/c1-6-2-5-8(10)11-9(6)7-3-4-7/h2,5,7H,3-4H2,1H3,(H2,10,11). The maximum atomic E-state index is 5.58. The second kappa shape index (κ2) is 2.22. The molecule has 0 radical (unpaired) electrons. The van der Waals surface area contributed by atoms with E-state index in [1.165, 1.54) is 24.1 Å². The van der Waals surface area contributed by atoms with Crippen LogP contribution in [0.4, 0.5) is 5.82 Å². The maximum absolute atomic E-state index is 5.58. The van der Waals surface area contributed by atoms with Crippen molar-refractivity contribution < 1.29 is 0 Å². The van der Waals surface area contributed by atoms with Gasteiger partial charge in [-0.15, -0.1) is 0 Å². The molecule has 0 aliphatic heterocycles. The summed E-state index contributed by atoms with van der Waals surface area (Å²) in [6.07, 6.45) is 2.58. The zero-order valence-electron chi connectivity index (χ0n) is 6.67. The lowest BCUT2D eigenvalue weighted by Crippen LogP contribution is -1.96. The minimum absolute atomic E-state index is 0.650. The zero-order chi connectivity index (χ0) is 7.84. The first-order chi connectivity index (χ1) is 5.27. The fourth-order valence-electron chi connectivity index (χ4n) is 1.33. The summed E-state index contributed by atoms with van der Waals surface area (Å²) >= 11 is 0. The summed E-state index contributed by atoms with van der Waals surface area (Å²) < 4.78 is 0. The summed E-state index contributed by atoms with van der Waals surface area (Å²) in [6.45, 7) is 2.10. The summed E-state index contributed by atoms with van der Waals surface area (Å²) in [5.41, 5.74) is 8.07. The zero-order valence-corrected chi connectivity index (χ0v) is 6.67. The van der Waals surface area contributed by atoms with Crippen molar-refractivity contribution in [3.05, 3.63) is 23.4 Å². The molecule has 1 aromatic rings. The Morgan fingerprint density at radius 2 is 2.18 bits per heavy atom. The summed E-state index contributed by atoms with van der Waals surface area (Å²) in [5.74, 6) is 1.36. The van der Waals surface area contributed by atoms with E-state index in [0.717, 1.165) is 0 Å². The highest BCUT2D eigenvalue weighted by Gasteiger charge is 2.26. The molecule has 1 aliphatic carbocycles. The van der Waals surface area contributed by atoms with Crippen LogP contribution in [0.25, 0.3) is 0 Å². The van der Waals surface area contributed by atoms with E-state index in [4.69, 9.17) is 5.73 Å². The van der Waals surface area contributed by atoms with Gasteiger partial charge < -0.3 is 5.73 Å². The molecular formula is C9H12N2. The van der Waals surface area contributed by atoms with Crippen LogP contribution in [0.3, 0.4) is 0 Å². The van der Waals surface area contributed by atoms with E-state index < -0.39 is 0 Å². The molecule has 2 rings (SSSR count). The number of rotatable bonds is 1. The van der Waals surface area contributed by atoms with Crippen molar-refractivity contribution in [2.75, 3.05) is 5.73 Å². The molecule has 0 amide bonds. The van der Waals surface area contributed by atoms with Crippen molar-refractivity contribution in [3.63, 3.8) is 0 Å². The molecule has 0 atom stereocenters. The van der Waals surface area contributed by atoms with Crippen LogP contribution in [0.15, 0.2) is 12.1 Å². The number of pyridine rings is 1. The number of aryl methyl sites for hydroxylation is 1. The van der Waals surface area contributed by atoms with Crippen LogP contribution in [-0.2, 0) is 0 Å². The van der Waals surface area contributed by atoms with E-state index in [0.29, 0.717) is 11.7 Å². The van der Waals surface area contributed by atoms with Crippen molar-refractivity contribution >= 4 is 5.82 Å². The van der Waals surface area contributed by atoms with Crippen LogP contribution in [0.1, 0.15) is 30.0 Å². The van der Waals surface area contributed by atoms with E-state index in [2.05, 4.69) is 18.0 Å². The monoisotopic (exact) mass is 148 g/mol. The second-order valence-electron chi connectivity index (χ2n) is 3.21. The van der Waals surface area contributed by atoms with Crippen LogP contribution in [0.5, 0.6) is 0 Å². The SMILES string of the molecule is Cc1ccc(N)nc1C1CC1. The number of nitrogens with zero attached hydrogens (tertiary/aromatic N) is 1. The van der Waals surface area contributed by atoms with Gasteiger partial charge in [0.25, 0.3) is 0 Å². The average molecular weight is 148 g/mol. The molecule has 1 aromatic heterocycles. The minimum Gasteiger partial charge on any atom is -0.384 e. The molecule has 11 heavy (non-hydrogen) atoms. The van der Waals surface area contributed by atoms with E-state index in [9.17, 15) is 0 Å². The van der Waals surface area contributed by atoms with Crippen LogP contribution >= 0.6 is 0 Å². The first kappa shape index (κ1) is 6.65.